The number of amides is 1. The first-order valence-electron chi connectivity index (χ1n) is 11.2. The molecule has 0 bridgehead atoms. The van der Waals surface area contributed by atoms with Gasteiger partial charge in [0.2, 0.25) is 0 Å². The van der Waals surface area contributed by atoms with Crippen LogP contribution in [0.4, 0.5) is 15.8 Å². The number of benzene rings is 3. The zero-order valence-corrected chi connectivity index (χ0v) is 18.8. The second kappa shape index (κ2) is 10.3. The lowest BCUT2D eigenvalue weighted by atomic mass is 9.98. The lowest BCUT2D eigenvalue weighted by Gasteiger charge is -2.16. The normalized spacial score (nSPS) is 13.9. The van der Waals surface area contributed by atoms with Crippen LogP contribution in [0, 0.1) is 5.82 Å². The van der Waals surface area contributed by atoms with Crippen LogP contribution in [-0.2, 0) is 22.6 Å². The van der Waals surface area contributed by atoms with Gasteiger partial charge in [-0.25, -0.2) is 4.39 Å². The Morgan fingerprint density at radius 3 is 2.38 bits per heavy atom. The maximum absolute atomic E-state index is 13.8. The monoisotopic (exact) mass is 459 g/mol. The van der Waals surface area contributed by atoms with E-state index in [-0.39, 0.29) is 12.3 Å². The van der Waals surface area contributed by atoms with Crippen LogP contribution in [0.5, 0.6) is 0 Å². The number of carbonyl (C=O) groups excluding carboxylic acids is 1. The topological polar surface area (TPSA) is 90.5 Å². The second-order valence-electron chi connectivity index (χ2n) is 8.09. The van der Waals surface area contributed by atoms with Gasteiger partial charge in [0.25, 0.3) is 5.91 Å². The highest BCUT2D eigenvalue weighted by atomic mass is 19.1. The van der Waals surface area contributed by atoms with Gasteiger partial charge in [0, 0.05) is 24.2 Å². The molecular weight excluding hydrogens is 433 g/mol. The van der Waals surface area contributed by atoms with Crippen molar-refractivity contribution in [1.82, 2.24) is 5.32 Å². The van der Waals surface area contributed by atoms with Crippen molar-refractivity contribution in [2.75, 3.05) is 17.2 Å². The van der Waals surface area contributed by atoms with E-state index in [2.05, 4.69) is 22.9 Å². The third-order valence-corrected chi connectivity index (χ3v) is 5.65. The third-order valence-electron chi connectivity index (χ3n) is 5.65. The van der Waals surface area contributed by atoms with Gasteiger partial charge in [0.15, 0.2) is 0 Å². The Labute approximate surface area is 197 Å². The second-order valence-corrected chi connectivity index (χ2v) is 8.09. The maximum atomic E-state index is 13.8. The zero-order chi connectivity index (χ0) is 24.1. The third kappa shape index (κ3) is 5.32. The molecule has 1 aliphatic heterocycles. The van der Waals surface area contributed by atoms with Crippen LogP contribution < -0.4 is 16.0 Å². The predicted octanol–water partition coefficient (Wildman–Crippen LogP) is 4.88. The summed E-state index contributed by atoms with van der Waals surface area (Å²) in [5, 5.41) is 18.4. The number of rotatable bonds is 9. The number of aliphatic carboxylic acids is 1. The smallest absolute Gasteiger partial charge is 0.303 e. The number of fused-ring (bicyclic) bond motifs is 1. The molecule has 0 atom stereocenters. The molecule has 0 unspecified atom stereocenters. The minimum absolute atomic E-state index is 0.0477. The van der Waals surface area contributed by atoms with Crippen molar-refractivity contribution in [3.05, 3.63) is 94.8 Å². The maximum Gasteiger partial charge on any atom is 0.303 e. The molecule has 174 valence electrons. The molecule has 6 nitrogen and oxygen atoms in total. The van der Waals surface area contributed by atoms with Crippen molar-refractivity contribution in [2.24, 2.45) is 0 Å². The van der Waals surface area contributed by atoms with E-state index in [0.717, 1.165) is 35.5 Å². The average Bonchev–Trinajstić information content (AvgIpc) is 3.15. The van der Waals surface area contributed by atoms with Crippen LogP contribution >= 0.6 is 0 Å². The lowest BCUT2D eigenvalue weighted by Crippen LogP contribution is -2.12. The molecular formula is C27H26FN3O3. The molecule has 3 aromatic carbocycles. The van der Waals surface area contributed by atoms with E-state index in [1.807, 2.05) is 48.5 Å². The Bertz CT molecular complexity index is 1230. The highest BCUT2D eigenvalue weighted by Crippen LogP contribution is 2.38. The van der Waals surface area contributed by atoms with E-state index in [0.29, 0.717) is 28.9 Å². The number of aryl methyl sites for hydroxylation is 1. The SMILES string of the molecule is CCNCc1ccc(NC(=C2C(=O)Nc3cc(F)ccc32)c2ccc(CCC(=O)O)cc2)cc1. The van der Waals surface area contributed by atoms with Crippen LogP contribution in [0.1, 0.15) is 35.6 Å². The van der Waals surface area contributed by atoms with Gasteiger partial charge in [-0.2, -0.15) is 0 Å². The number of carboxylic acids is 1. The standard InChI is InChI=1S/C27H26FN3O3/c1-2-29-16-18-5-11-21(12-6-18)30-26(19-8-3-17(4-9-19)7-14-24(32)33)25-22-13-10-20(28)15-23(22)31-27(25)34/h3-6,8-13,15,29-30H,2,7,14,16H2,1H3,(H,31,34)(H,32,33). The molecule has 0 saturated heterocycles. The van der Waals surface area contributed by atoms with Gasteiger partial charge in [-0.15, -0.1) is 0 Å². The van der Waals surface area contributed by atoms with Crippen molar-refractivity contribution in [3.8, 4) is 0 Å². The highest BCUT2D eigenvalue weighted by molar-refractivity contribution is 6.37. The molecule has 0 spiro atoms. The number of carbonyl (C=O) groups is 2. The Morgan fingerprint density at radius 2 is 1.71 bits per heavy atom. The Balaban J connectivity index is 1.73. The Kier molecular flexibility index (Phi) is 7.04. The van der Waals surface area contributed by atoms with Gasteiger partial charge < -0.3 is 21.1 Å². The largest absolute Gasteiger partial charge is 0.481 e. The summed E-state index contributed by atoms with van der Waals surface area (Å²) in [5.74, 6) is -1.59. The van der Waals surface area contributed by atoms with Crippen molar-refractivity contribution >= 4 is 34.5 Å². The fourth-order valence-electron chi connectivity index (χ4n) is 3.88. The molecule has 0 aromatic heterocycles. The quantitative estimate of drug-likeness (QED) is 0.342. The van der Waals surface area contributed by atoms with E-state index in [4.69, 9.17) is 5.11 Å². The first-order chi connectivity index (χ1) is 16.4. The molecule has 1 amide bonds. The predicted molar refractivity (Wildman–Crippen MR) is 132 cm³/mol. The Morgan fingerprint density at radius 1 is 1.00 bits per heavy atom. The summed E-state index contributed by atoms with van der Waals surface area (Å²) in [6.07, 6.45) is 0.469. The van der Waals surface area contributed by atoms with Crippen LogP contribution in [-0.4, -0.2) is 23.5 Å². The van der Waals surface area contributed by atoms with Gasteiger partial charge in [-0.3, -0.25) is 9.59 Å². The minimum Gasteiger partial charge on any atom is -0.481 e. The molecule has 0 saturated carbocycles. The molecule has 1 heterocycles. The van der Waals surface area contributed by atoms with E-state index < -0.39 is 11.8 Å². The summed E-state index contributed by atoms with van der Waals surface area (Å²) in [6, 6.07) is 19.6. The van der Waals surface area contributed by atoms with E-state index in [1.54, 1.807) is 6.07 Å². The summed E-state index contributed by atoms with van der Waals surface area (Å²) in [5.41, 5.74) is 5.66. The number of nitrogens with one attached hydrogen (secondary N) is 3. The van der Waals surface area contributed by atoms with Crippen molar-refractivity contribution in [3.63, 3.8) is 0 Å². The molecule has 0 aliphatic carbocycles. The van der Waals surface area contributed by atoms with Gasteiger partial charge >= 0.3 is 5.97 Å². The van der Waals surface area contributed by atoms with Crippen LogP contribution in [0.25, 0.3) is 11.3 Å². The Hall–Kier alpha value is -3.97. The lowest BCUT2D eigenvalue weighted by molar-refractivity contribution is -0.137. The first-order valence-corrected chi connectivity index (χ1v) is 11.2. The van der Waals surface area contributed by atoms with Crippen LogP contribution in [0.2, 0.25) is 0 Å². The fraction of sp³-hybridized carbons (Fsp3) is 0.185. The molecule has 4 rings (SSSR count). The number of hydrogen-bond donors (Lipinski definition) is 4. The molecule has 0 fully saturated rings. The van der Waals surface area contributed by atoms with Crippen LogP contribution in [0.3, 0.4) is 0 Å². The minimum atomic E-state index is -0.849. The fourth-order valence-corrected chi connectivity index (χ4v) is 3.88. The summed E-state index contributed by atoms with van der Waals surface area (Å²) in [7, 11) is 0. The van der Waals surface area contributed by atoms with Crippen molar-refractivity contribution in [1.29, 1.82) is 0 Å². The summed E-state index contributed by atoms with van der Waals surface area (Å²) < 4.78 is 13.8. The molecule has 4 N–H and O–H groups in total. The zero-order valence-electron chi connectivity index (χ0n) is 18.8. The summed E-state index contributed by atoms with van der Waals surface area (Å²) in [6.45, 7) is 3.70. The number of hydrogen-bond acceptors (Lipinski definition) is 4. The highest BCUT2D eigenvalue weighted by Gasteiger charge is 2.28. The average molecular weight is 460 g/mol. The van der Waals surface area contributed by atoms with Gasteiger partial charge in [-0.1, -0.05) is 43.3 Å². The number of carboxylic acid groups (broad SMARTS) is 1. The van der Waals surface area contributed by atoms with Gasteiger partial charge in [-0.05, 0) is 60.0 Å². The van der Waals surface area contributed by atoms with Crippen molar-refractivity contribution < 1.29 is 19.1 Å². The molecule has 7 heteroatoms. The molecule has 3 aromatic rings. The molecule has 1 aliphatic rings. The summed E-state index contributed by atoms with van der Waals surface area (Å²) >= 11 is 0. The molecule has 34 heavy (non-hydrogen) atoms. The van der Waals surface area contributed by atoms with E-state index in [1.165, 1.54) is 12.1 Å². The number of halogens is 1. The van der Waals surface area contributed by atoms with Gasteiger partial charge in [0.1, 0.15) is 5.82 Å². The summed E-state index contributed by atoms with van der Waals surface area (Å²) in [4.78, 5) is 23.9. The number of anilines is 2. The van der Waals surface area contributed by atoms with Gasteiger partial charge in [0.05, 0.1) is 17.0 Å². The van der Waals surface area contributed by atoms with Crippen molar-refractivity contribution in [2.45, 2.75) is 26.3 Å². The first kappa shape index (κ1) is 23.2. The molecule has 0 radical (unpaired) electrons. The van der Waals surface area contributed by atoms with E-state index in [9.17, 15) is 14.0 Å². The van der Waals surface area contributed by atoms with Crippen LogP contribution in [0.15, 0.2) is 66.7 Å². The van der Waals surface area contributed by atoms with E-state index >= 15 is 0 Å².